The zero-order valence-electron chi connectivity index (χ0n) is 14.2. The molecular weight excluding hydrogens is 322 g/mol. The Labute approximate surface area is 140 Å². The normalized spacial score (nSPS) is 13.4. The first kappa shape index (κ1) is 18.7. The van der Waals surface area contributed by atoms with Crippen LogP contribution in [0.3, 0.4) is 0 Å². The third-order valence-electron chi connectivity index (χ3n) is 3.80. The topological polar surface area (TPSA) is 12.0 Å². The molecule has 0 radical (unpaired) electrons. The fraction of sp³-hybridized carbons (Fsp3) is 0.684. The molecule has 2 heteroatoms. The lowest BCUT2D eigenvalue weighted by atomic mass is 9.92. The first-order valence-corrected chi connectivity index (χ1v) is 9.19. The van der Waals surface area contributed by atoms with Gasteiger partial charge in [0.05, 0.1) is 0 Å². The zero-order chi connectivity index (χ0) is 15.7. The number of halogens is 1. The van der Waals surface area contributed by atoms with Gasteiger partial charge in [-0.3, -0.25) is 0 Å². The maximum absolute atomic E-state index is 3.69. The second kappa shape index (κ2) is 9.63. The van der Waals surface area contributed by atoms with Crippen LogP contribution in [-0.2, 0) is 6.42 Å². The van der Waals surface area contributed by atoms with E-state index in [2.05, 4.69) is 73.2 Å². The summed E-state index contributed by atoms with van der Waals surface area (Å²) in [5.41, 5.74) is 1.65. The van der Waals surface area contributed by atoms with Crippen molar-refractivity contribution in [2.24, 2.45) is 5.92 Å². The van der Waals surface area contributed by atoms with Crippen molar-refractivity contribution in [1.82, 2.24) is 5.32 Å². The van der Waals surface area contributed by atoms with Crippen molar-refractivity contribution in [3.05, 3.63) is 34.3 Å². The molecule has 0 heterocycles. The molecule has 0 saturated heterocycles. The summed E-state index contributed by atoms with van der Waals surface area (Å²) in [6.45, 7) is 10.1. The van der Waals surface area contributed by atoms with E-state index in [-0.39, 0.29) is 5.54 Å². The van der Waals surface area contributed by atoms with Crippen LogP contribution < -0.4 is 5.32 Å². The number of benzene rings is 1. The lowest BCUT2D eigenvalue weighted by Crippen LogP contribution is -2.39. The Morgan fingerprint density at radius 3 is 2.52 bits per heavy atom. The Morgan fingerprint density at radius 2 is 1.90 bits per heavy atom. The summed E-state index contributed by atoms with van der Waals surface area (Å²) in [5, 5.41) is 3.69. The molecule has 0 aliphatic heterocycles. The van der Waals surface area contributed by atoms with Gasteiger partial charge in [0.25, 0.3) is 0 Å². The molecule has 0 saturated carbocycles. The average molecular weight is 354 g/mol. The standard InChI is InChI=1S/C19H32BrN/c1-5-6-7-8-10-17(15-21-19(2,3)4)13-16-11-9-12-18(20)14-16/h9,11-12,14,17,21H,5-8,10,13,15H2,1-4H3. The first-order valence-electron chi connectivity index (χ1n) is 8.40. The van der Waals surface area contributed by atoms with Crippen LogP contribution in [0, 0.1) is 5.92 Å². The Bertz CT molecular complexity index is 395. The Hall–Kier alpha value is -0.340. The molecule has 0 aliphatic rings. The summed E-state index contributed by atoms with van der Waals surface area (Å²) >= 11 is 3.58. The number of hydrogen-bond acceptors (Lipinski definition) is 1. The summed E-state index contributed by atoms with van der Waals surface area (Å²) in [6.07, 6.45) is 7.93. The maximum atomic E-state index is 3.69. The van der Waals surface area contributed by atoms with Crippen molar-refractivity contribution in [3.63, 3.8) is 0 Å². The Morgan fingerprint density at radius 1 is 1.14 bits per heavy atom. The van der Waals surface area contributed by atoms with Crippen LogP contribution in [0.15, 0.2) is 28.7 Å². The van der Waals surface area contributed by atoms with Crippen molar-refractivity contribution in [2.75, 3.05) is 6.54 Å². The molecule has 1 aromatic carbocycles. The van der Waals surface area contributed by atoms with Gasteiger partial charge in [0, 0.05) is 10.0 Å². The van der Waals surface area contributed by atoms with Crippen LogP contribution >= 0.6 is 15.9 Å². The van der Waals surface area contributed by atoms with Crippen LogP contribution in [0.5, 0.6) is 0 Å². The Kier molecular flexibility index (Phi) is 8.58. The van der Waals surface area contributed by atoms with E-state index in [9.17, 15) is 0 Å². The molecule has 21 heavy (non-hydrogen) atoms. The lowest BCUT2D eigenvalue weighted by Gasteiger charge is -2.25. The van der Waals surface area contributed by atoms with Gasteiger partial charge in [-0.15, -0.1) is 0 Å². The van der Waals surface area contributed by atoms with E-state index < -0.39 is 0 Å². The molecule has 0 aliphatic carbocycles. The van der Waals surface area contributed by atoms with Gasteiger partial charge in [-0.25, -0.2) is 0 Å². The fourth-order valence-electron chi connectivity index (χ4n) is 2.58. The van der Waals surface area contributed by atoms with E-state index in [0.29, 0.717) is 0 Å². The molecule has 0 fully saturated rings. The summed E-state index contributed by atoms with van der Waals surface area (Å²) in [7, 11) is 0. The molecule has 1 aromatic rings. The molecule has 0 bridgehead atoms. The van der Waals surface area contributed by atoms with Gasteiger partial charge < -0.3 is 5.32 Å². The lowest BCUT2D eigenvalue weighted by molar-refractivity contribution is 0.349. The SMILES string of the molecule is CCCCCCC(CNC(C)(C)C)Cc1cccc(Br)c1. The van der Waals surface area contributed by atoms with Crippen molar-refractivity contribution in [2.45, 2.75) is 71.8 Å². The van der Waals surface area contributed by atoms with Gasteiger partial charge in [0.15, 0.2) is 0 Å². The van der Waals surface area contributed by atoms with Crippen LogP contribution in [0.25, 0.3) is 0 Å². The van der Waals surface area contributed by atoms with Gasteiger partial charge in [-0.2, -0.15) is 0 Å². The number of rotatable bonds is 9. The van der Waals surface area contributed by atoms with Gasteiger partial charge >= 0.3 is 0 Å². The minimum Gasteiger partial charge on any atom is -0.312 e. The average Bonchev–Trinajstić information content (AvgIpc) is 2.40. The third-order valence-corrected chi connectivity index (χ3v) is 4.29. The number of hydrogen-bond donors (Lipinski definition) is 1. The highest BCUT2D eigenvalue weighted by Gasteiger charge is 2.15. The molecule has 0 amide bonds. The highest BCUT2D eigenvalue weighted by atomic mass is 79.9. The molecule has 0 spiro atoms. The quantitative estimate of drug-likeness (QED) is 0.539. The van der Waals surface area contributed by atoms with Crippen molar-refractivity contribution in [3.8, 4) is 0 Å². The Balaban J connectivity index is 2.53. The highest BCUT2D eigenvalue weighted by Crippen LogP contribution is 2.19. The largest absolute Gasteiger partial charge is 0.312 e. The van der Waals surface area contributed by atoms with E-state index in [4.69, 9.17) is 0 Å². The van der Waals surface area contributed by atoms with Gasteiger partial charge in [-0.05, 0) is 63.8 Å². The monoisotopic (exact) mass is 353 g/mol. The molecule has 0 aromatic heterocycles. The van der Waals surface area contributed by atoms with Crippen molar-refractivity contribution >= 4 is 15.9 Å². The van der Waals surface area contributed by atoms with Crippen LogP contribution in [0.4, 0.5) is 0 Å². The zero-order valence-corrected chi connectivity index (χ0v) is 15.8. The van der Waals surface area contributed by atoms with Crippen LogP contribution in [0.1, 0.15) is 65.4 Å². The first-order chi connectivity index (χ1) is 9.90. The summed E-state index contributed by atoms with van der Waals surface area (Å²) < 4.78 is 1.19. The summed E-state index contributed by atoms with van der Waals surface area (Å²) in [4.78, 5) is 0. The van der Waals surface area contributed by atoms with Crippen LogP contribution in [-0.4, -0.2) is 12.1 Å². The highest BCUT2D eigenvalue weighted by molar-refractivity contribution is 9.10. The molecule has 120 valence electrons. The van der Waals surface area contributed by atoms with Crippen molar-refractivity contribution < 1.29 is 0 Å². The third kappa shape index (κ3) is 9.31. The van der Waals surface area contributed by atoms with E-state index >= 15 is 0 Å². The predicted octanol–water partition coefficient (Wildman–Crippen LogP) is 5.97. The van der Waals surface area contributed by atoms with Gasteiger partial charge in [0.1, 0.15) is 0 Å². The maximum Gasteiger partial charge on any atom is 0.0177 e. The summed E-state index contributed by atoms with van der Waals surface area (Å²) in [6, 6.07) is 8.76. The summed E-state index contributed by atoms with van der Waals surface area (Å²) in [5.74, 6) is 0.732. The van der Waals surface area contributed by atoms with Crippen molar-refractivity contribution in [1.29, 1.82) is 0 Å². The minimum absolute atomic E-state index is 0.207. The van der Waals surface area contributed by atoms with E-state index in [1.54, 1.807) is 0 Å². The molecule has 1 unspecified atom stereocenters. The number of nitrogens with one attached hydrogen (secondary N) is 1. The molecule has 1 atom stereocenters. The van der Waals surface area contributed by atoms with Gasteiger partial charge in [0.2, 0.25) is 0 Å². The second-order valence-electron chi connectivity index (χ2n) is 7.18. The number of unbranched alkanes of at least 4 members (excludes halogenated alkanes) is 3. The van der Waals surface area contributed by atoms with E-state index in [1.165, 1.54) is 48.6 Å². The molecular formula is C19H32BrN. The minimum atomic E-state index is 0.207. The van der Waals surface area contributed by atoms with Crippen LogP contribution in [0.2, 0.25) is 0 Å². The van der Waals surface area contributed by atoms with E-state index in [1.807, 2.05) is 0 Å². The molecule has 1 N–H and O–H groups in total. The van der Waals surface area contributed by atoms with Gasteiger partial charge in [-0.1, -0.05) is 60.7 Å². The molecule has 1 rings (SSSR count). The molecule has 1 nitrogen and oxygen atoms in total. The predicted molar refractivity (Wildman–Crippen MR) is 97.9 cm³/mol. The second-order valence-corrected chi connectivity index (χ2v) is 8.10. The fourth-order valence-corrected chi connectivity index (χ4v) is 3.03. The van der Waals surface area contributed by atoms with E-state index in [0.717, 1.165) is 12.5 Å². The smallest absolute Gasteiger partial charge is 0.0177 e.